The van der Waals surface area contributed by atoms with Gasteiger partial charge in [0, 0.05) is 15.7 Å². The minimum atomic E-state index is 0.115. The van der Waals surface area contributed by atoms with Gasteiger partial charge in [-0.3, -0.25) is 0 Å². The lowest BCUT2D eigenvalue weighted by molar-refractivity contribution is 0.212. The lowest BCUT2D eigenvalue weighted by atomic mass is 9.73. The normalized spacial score (nSPS) is 33.1. The highest BCUT2D eigenvalue weighted by atomic mass is 32.2. The van der Waals surface area contributed by atoms with Crippen molar-refractivity contribution in [1.82, 2.24) is 0 Å². The van der Waals surface area contributed by atoms with Crippen molar-refractivity contribution in [2.75, 3.05) is 0 Å². The minimum Gasteiger partial charge on any atom is -0.325 e. The van der Waals surface area contributed by atoms with E-state index in [1.54, 1.807) is 0 Å². The van der Waals surface area contributed by atoms with Crippen molar-refractivity contribution >= 4 is 11.8 Å². The van der Waals surface area contributed by atoms with E-state index in [1.165, 1.54) is 61.8 Å². The number of thioether (sulfide) groups is 1. The Morgan fingerprint density at radius 1 is 1.25 bits per heavy atom. The first-order chi connectivity index (χ1) is 9.68. The van der Waals surface area contributed by atoms with E-state index in [0.29, 0.717) is 5.25 Å². The Balaban J connectivity index is 1.54. The zero-order chi connectivity index (χ0) is 14.0. The average Bonchev–Trinajstić information content (AvgIpc) is 2.83. The second-order valence-corrected chi connectivity index (χ2v) is 8.19. The van der Waals surface area contributed by atoms with Crippen LogP contribution in [0.25, 0.3) is 0 Å². The summed E-state index contributed by atoms with van der Waals surface area (Å²) in [5.74, 6) is 0.949. The van der Waals surface area contributed by atoms with Crippen molar-refractivity contribution < 1.29 is 0 Å². The van der Waals surface area contributed by atoms with Crippen LogP contribution in [0.4, 0.5) is 0 Å². The van der Waals surface area contributed by atoms with E-state index in [1.807, 2.05) is 0 Å². The number of benzene rings is 1. The molecule has 2 N–H and O–H groups in total. The first-order valence-electron chi connectivity index (χ1n) is 8.22. The first-order valence-corrected chi connectivity index (χ1v) is 9.10. The maximum atomic E-state index is 6.72. The Morgan fingerprint density at radius 2 is 2.00 bits per heavy atom. The van der Waals surface area contributed by atoms with Gasteiger partial charge in [-0.05, 0) is 56.1 Å². The molecule has 1 fully saturated rings. The summed E-state index contributed by atoms with van der Waals surface area (Å²) in [4.78, 5) is 1.49. The molecule has 1 atom stereocenters. The summed E-state index contributed by atoms with van der Waals surface area (Å²) in [5.41, 5.74) is 8.37. The molecule has 1 unspecified atom stereocenters. The van der Waals surface area contributed by atoms with Crippen LogP contribution in [-0.4, -0.2) is 10.8 Å². The third kappa shape index (κ3) is 3.23. The van der Waals surface area contributed by atoms with Crippen LogP contribution in [0.5, 0.6) is 0 Å². The third-order valence-corrected chi connectivity index (χ3v) is 6.46. The van der Waals surface area contributed by atoms with Crippen LogP contribution in [0, 0.1) is 5.92 Å². The molecule has 0 radical (unpaired) electrons. The maximum absolute atomic E-state index is 6.72. The van der Waals surface area contributed by atoms with Crippen LogP contribution in [0.3, 0.4) is 0 Å². The maximum Gasteiger partial charge on any atom is 0.0165 e. The van der Waals surface area contributed by atoms with Crippen molar-refractivity contribution in [3.05, 3.63) is 29.8 Å². The first kappa shape index (κ1) is 14.5. The van der Waals surface area contributed by atoms with Crippen molar-refractivity contribution in [3.8, 4) is 0 Å². The Morgan fingerprint density at radius 3 is 2.70 bits per heavy atom. The molecule has 1 nitrogen and oxygen atoms in total. The molecule has 1 aliphatic carbocycles. The quantitative estimate of drug-likeness (QED) is 0.863. The summed E-state index contributed by atoms with van der Waals surface area (Å²) in [6, 6.07) is 8.86. The number of fused-ring (bicyclic) bond motifs is 1. The highest BCUT2D eigenvalue weighted by Gasteiger charge is 2.35. The second-order valence-electron chi connectivity index (χ2n) is 6.85. The molecule has 1 aromatic carbocycles. The van der Waals surface area contributed by atoms with Crippen LogP contribution in [0.2, 0.25) is 0 Å². The summed E-state index contributed by atoms with van der Waals surface area (Å²) >= 11 is 2.06. The molecule has 0 bridgehead atoms. The van der Waals surface area contributed by atoms with E-state index in [4.69, 9.17) is 5.73 Å². The third-order valence-electron chi connectivity index (χ3n) is 5.15. The topological polar surface area (TPSA) is 26.0 Å². The van der Waals surface area contributed by atoms with Gasteiger partial charge in [0.1, 0.15) is 0 Å². The molecule has 1 heterocycles. The van der Waals surface area contributed by atoms with Gasteiger partial charge >= 0.3 is 0 Å². The van der Waals surface area contributed by atoms with E-state index >= 15 is 0 Å². The van der Waals surface area contributed by atoms with Gasteiger partial charge in [0.2, 0.25) is 0 Å². The van der Waals surface area contributed by atoms with Crippen LogP contribution in [-0.2, 0) is 6.42 Å². The van der Waals surface area contributed by atoms with Gasteiger partial charge in [0.15, 0.2) is 0 Å². The van der Waals surface area contributed by atoms with Gasteiger partial charge in [-0.15, -0.1) is 11.8 Å². The SMILES string of the molecule is CCCC1CCC(N)(CC2Cc3ccccc3S2)CC1. The monoisotopic (exact) mass is 289 g/mol. The molecule has 0 aromatic heterocycles. The van der Waals surface area contributed by atoms with E-state index in [-0.39, 0.29) is 5.54 Å². The number of hydrogen-bond acceptors (Lipinski definition) is 2. The molecular formula is C18H27NS. The van der Waals surface area contributed by atoms with Gasteiger partial charge < -0.3 is 5.73 Å². The van der Waals surface area contributed by atoms with Crippen molar-refractivity contribution in [1.29, 1.82) is 0 Å². The van der Waals surface area contributed by atoms with Gasteiger partial charge in [-0.25, -0.2) is 0 Å². The van der Waals surface area contributed by atoms with E-state index < -0.39 is 0 Å². The van der Waals surface area contributed by atoms with Gasteiger partial charge in [-0.1, -0.05) is 38.0 Å². The van der Waals surface area contributed by atoms with Gasteiger partial charge in [0.05, 0.1) is 0 Å². The smallest absolute Gasteiger partial charge is 0.0165 e. The van der Waals surface area contributed by atoms with E-state index in [0.717, 1.165) is 5.92 Å². The number of rotatable bonds is 4. The zero-order valence-corrected chi connectivity index (χ0v) is 13.4. The fourth-order valence-corrected chi connectivity index (χ4v) is 5.47. The molecule has 110 valence electrons. The lowest BCUT2D eigenvalue weighted by Crippen LogP contribution is -2.45. The molecule has 2 aliphatic rings. The molecule has 0 spiro atoms. The molecule has 1 saturated carbocycles. The standard InChI is InChI=1S/C18H27NS/c1-2-5-14-8-10-18(19,11-9-14)13-16-12-15-6-3-4-7-17(15)20-16/h3-4,6-7,14,16H,2,5,8-13,19H2,1H3. The lowest BCUT2D eigenvalue weighted by Gasteiger charge is -2.38. The molecule has 0 saturated heterocycles. The van der Waals surface area contributed by atoms with Gasteiger partial charge in [-0.2, -0.15) is 0 Å². The molecule has 1 aromatic rings. The van der Waals surface area contributed by atoms with Crippen molar-refractivity contribution in [2.24, 2.45) is 11.7 Å². The number of hydrogen-bond donors (Lipinski definition) is 1. The van der Waals surface area contributed by atoms with E-state index in [9.17, 15) is 0 Å². The highest BCUT2D eigenvalue weighted by Crippen LogP contribution is 2.43. The molecule has 20 heavy (non-hydrogen) atoms. The Bertz CT molecular complexity index is 423. The summed E-state index contributed by atoms with van der Waals surface area (Å²) in [6.45, 7) is 2.30. The summed E-state index contributed by atoms with van der Waals surface area (Å²) in [5, 5.41) is 0.708. The molecule has 1 aliphatic heterocycles. The Kier molecular flexibility index (Phi) is 4.42. The fourth-order valence-electron chi connectivity index (χ4n) is 3.97. The molecule has 2 heteroatoms. The zero-order valence-electron chi connectivity index (χ0n) is 12.6. The van der Waals surface area contributed by atoms with Crippen LogP contribution in [0.15, 0.2) is 29.2 Å². The van der Waals surface area contributed by atoms with Crippen molar-refractivity contribution in [3.63, 3.8) is 0 Å². The molecule has 0 amide bonds. The second kappa shape index (κ2) is 6.11. The average molecular weight is 289 g/mol. The largest absolute Gasteiger partial charge is 0.325 e. The van der Waals surface area contributed by atoms with Gasteiger partial charge in [0.25, 0.3) is 0 Å². The van der Waals surface area contributed by atoms with Crippen LogP contribution in [0.1, 0.15) is 57.4 Å². The summed E-state index contributed by atoms with van der Waals surface area (Å²) < 4.78 is 0. The predicted octanol–water partition coefficient (Wildman–Crippen LogP) is 4.78. The summed E-state index contributed by atoms with van der Waals surface area (Å²) in [7, 11) is 0. The molecular weight excluding hydrogens is 262 g/mol. The predicted molar refractivity (Wildman–Crippen MR) is 88.2 cm³/mol. The van der Waals surface area contributed by atoms with E-state index in [2.05, 4.69) is 43.0 Å². The van der Waals surface area contributed by atoms with Crippen LogP contribution >= 0.6 is 11.8 Å². The Labute approximate surface area is 127 Å². The fraction of sp³-hybridized carbons (Fsp3) is 0.667. The highest BCUT2D eigenvalue weighted by molar-refractivity contribution is 8.00. The summed E-state index contributed by atoms with van der Waals surface area (Å²) in [6.07, 6.45) is 10.3. The van der Waals surface area contributed by atoms with Crippen LogP contribution < -0.4 is 5.73 Å². The Hall–Kier alpha value is -0.470. The van der Waals surface area contributed by atoms with Crippen molar-refractivity contribution in [2.45, 2.75) is 74.0 Å². The molecule has 3 rings (SSSR count). The number of nitrogens with two attached hydrogens (primary N) is 1. The minimum absolute atomic E-state index is 0.115.